The molecule has 0 bridgehead atoms. The Labute approximate surface area is 159 Å². The predicted octanol–water partition coefficient (Wildman–Crippen LogP) is 5.09. The summed E-state index contributed by atoms with van der Waals surface area (Å²) in [6, 6.07) is 16.4. The number of carbonyl (C=O) groups is 1. The van der Waals surface area contributed by atoms with Crippen LogP contribution in [0.2, 0.25) is 0 Å². The normalized spacial score (nSPS) is 12.0. The van der Waals surface area contributed by atoms with Crippen molar-refractivity contribution >= 4 is 5.91 Å². The molecule has 1 N–H and O–H groups in total. The van der Waals surface area contributed by atoms with E-state index in [0.29, 0.717) is 17.8 Å². The zero-order chi connectivity index (χ0) is 19.6. The van der Waals surface area contributed by atoms with Gasteiger partial charge >= 0.3 is 0 Å². The Hall–Kier alpha value is -2.88. The highest BCUT2D eigenvalue weighted by atomic mass is 19.1. The van der Waals surface area contributed by atoms with Crippen molar-refractivity contribution in [3.63, 3.8) is 0 Å². The molecule has 0 spiro atoms. The lowest BCUT2D eigenvalue weighted by Gasteiger charge is -2.17. The van der Waals surface area contributed by atoms with Gasteiger partial charge in [0, 0.05) is 11.3 Å². The van der Waals surface area contributed by atoms with Crippen LogP contribution in [0.1, 0.15) is 51.4 Å². The minimum absolute atomic E-state index is 0.115. The summed E-state index contributed by atoms with van der Waals surface area (Å²) in [5, 5.41) is 3.08. The van der Waals surface area contributed by atoms with Crippen LogP contribution in [0.25, 0.3) is 0 Å². The summed E-state index contributed by atoms with van der Waals surface area (Å²) >= 11 is 0. The molecule has 0 fully saturated rings. The molecule has 0 aliphatic carbocycles. The van der Waals surface area contributed by atoms with Crippen LogP contribution in [-0.4, -0.2) is 10.5 Å². The van der Waals surface area contributed by atoms with E-state index in [9.17, 15) is 9.18 Å². The highest BCUT2D eigenvalue weighted by molar-refractivity contribution is 5.95. The van der Waals surface area contributed by atoms with Gasteiger partial charge in [0.05, 0.1) is 12.6 Å². The van der Waals surface area contributed by atoms with Crippen molar-refractivity contribution in [3.8, 4) is 0 Å². The molecule has 0 saturated carbocycles. The third-order valence-corrected chi connectivity index (χ3v) is 5.28. The second kappa shape index (κ2) is 7.78. The molecule has 2 aromatic carbocycles. The van der Waals surface area contributed by atoms with Crippen molar-refractivity contribution in [1.29, 1.82) is 0 Å². The molecule has 3 aromatic rings. The third-order valence-electron chi connectivity index (χ3n) is 5.28. The Morgan fingerprint density at radius 1 is 1.00 bits per heavy atom. The van der Waals surface area contributed by atoms with Gasteiger partial charge < -0.3 is 9.88 Å². The van der Waals surface area contributed by atoms with E-state index in [4.69, 9.17) is 0 Å². The number of amides is 1. The van der Waals surface area contributed by atoms with Gasteiger partial charge in [-0.3, -0.25) is 4.79 Å². The first-order valence-electron chi connectivity index (χ1n) is 9.15. The lowest BCUT2D eigenvalue weighted by atomic mass is 10.1. The van der Waals surface area contributed by atoms with Crippen LogP contribution >= 0.6 is 0 Å². The zero-order valence-electron chi connectivity index (χ0n) is 16.2. The van der Waals surface area contributed by atoms with Crippen molar-refractivity contribution < 1.29 is 9.18 Å². The van der Waals surface area contributed by atoms with Crippen molar-refractivity contribution in [2.75, 3.05) is 0 Å². The quantitative estimate of drug-likeness (QED) is 0.672. The molecule has 0 saturated heterocycles. The number of nitrogens with one attached hydrogen (secondary N) is 1. The number of carbonyl (C=O) groups excluding carboxylic acids is 1. The number of halogens is 1. The molecule has 3 rings (SSSR count). The average Bonchev–Trinajstić information content (AvgIpc) is 2.88. The van der Waals surface area contributed by atoms with E-state index in [-0.39, 0.29) is 17.8 Å². The molecule has 1 heterocycles. The summed E-state index contributed by atoms with van der Waals surface area (Å²) < 4.78 is 16.1. The minimum Gasteiger partial charge on any atom is -0.344 e. The van der Waals surface area contributed by atoms with Gasteiger partial charge in [0.25, 0.3) is 5.91 Å². The maximum atomic E-state index is 14.2. The average molecular weight is 364 g/mol. The number of benzene rings is 2. The smallest absolute Gasteiger partial charge is 0.268 e. The number of rotatable bonds is 5. The van der Waals surface area contributed by atoms with Gasteiger partial charge in [0.15, 0.2) is 0 Å². The van der Waals surface area contributed by atoms with Gasteiger partial charge in [-0.1, -0.05) is 48.5 Å². The maximum absolute atomic E-state index is 14.2. The fourth-order valence-electron chi connectivity index (χ4n) is 3.40. The fraction of sp³-hybridized carbons (Fsp3) is 0.261. The fourth-order valence-corrected chi connectivity index (χ4v) is 3.40. The van der Waals surface area contributed by atoms with Gasteiger partial charge in [0.2, 0.25) is 0 Å². The molecule has 27 heavy (non-hydrogen) atoms. The zero-order valence-corrected chi connectivity index (χ0v) is 16.2. The van der Waals surface area contributed by atoms with Gasteiger partial charge in [-0.05, 0) is 50.5 Å². The molecule has 140 valence electrons. The van der Waals surface area contributed by atoms with Crippen molar-refractivity contribution in [2.24, 2.45) is 0 Å². The summed E-state index contributed by atoms with van der Waals surface area (Å²) in [6.07, 6.45) is 0. The van der Waals surface area contributed by atoms with Gasteiger partial charge in [0.1, 0.15) is 11.5 Å². The Balaban J connectivity index is 1.94. The van der Waals surface area contributed by atoms with E-state index in [1.807, 2.05) is 68.7 Å². The number of nitrogens with zero attached hydrogens (tertiary/aromatic N) is 1. The van der Waals surface area contributed by atoms with Crippen molar-refractivity contribution in [3.05, 3.63) is 94.1 Å². The van der Waals surface area contributed by atoms with Crippen molar-refractivity contribution in [1.82, 2.24) is 9.88 Å². The number of hydrogen-bond acceptors (Lipinski definition) is 1. The molecule has 0 aliphatic heterocycles. The highest BCUT2D eigenvalue weighted by Gasteiger charge is 2.22. The van der Waals surface area contributed by atoms with E-state index in [2.05, 4.69) is 5.32 Å². The molecule has 4 heteroatoms. The lowest BCUT2D eigenvalue weighted by molar-refractivity contribution is 0.0930. The Bertz CT molecular complexity index is 960. The van der Waals surface area contributed by atoms with Crippen LogP contribution in [0.15, 0.2) is 54.6 Å². The van der Waals surface area contributed by atoms with Gasteiger partial charge in [-0.15, -0.1) is 0 Å². The molecular formula is C23H25FN2O. The minimum atomic E-state index is -0.259. The van der Waals surface area contributed by atoms with E-state index >= 15 is 0 Å². The molecular weight excluding hydrogens is 339 g/mol. The van der Waals surface area contributed by atoms with Crippen LogP contribution in [0.5, 0.6) is 0 Å². The molecule has 0 aliphatic rings. The van der Waals surface area contributed by atoms with E-state index in [1.165, 1.54) is 6.07 Å². The Morgan fingerprint density at radius 2 is 1.63 bits per heavy atom. The van der Waals surface area contributed by atoms with Crippen LogP contribution in [0, 0.1) is 26.6 Å². The molecule has 1 aromatic heterocycles. The topological polar surface area (TPSA) is 34.0 Å². The van der Waals surface area contributed by atoms with Crippen LogP contribution in [0.4, 0.5) is 4.39 Å². The molecule has 1 unspecified atom stereocenters. The highest BCUT2D eigenvalue weighted by Crippen LogP contribution is 2.24. The molecule has 1 amide bonds. The largest absolute Gasteiger partial charge is 0.344 e. The summed E-state index contributed by atoms with van der Waals surface area (Å²) in [4.78, 5) is 13.1. The first-order valence-corrected chi connectivity index (χ1v) is 9.15. The Morgan fingerprint density at radius 3 is 2.30 bits per heavy atom. The molecule has 1 atom stereocenters. The SMILES string of the molecule is Cc1c(C)c(C(=O)NC(C)c2ccccc2)n(Cc2ccccc2F)c1C. The first-order chi connectivity index (χ1) is 12.9. The summed E-state index contributed by atoms with van der Waals surface area (Å²) in [5.41, 5.74) is 5.18. The summed E-state index contributed by atoms with van der Waals surface area (Å²) in [5.74, 6) is -0.402. The summed E-state index contributed by atoms with van der Waals surface area (Å²) in [7, 11) is 0. The second-order valence-electron chi connectivity index (χ2n) is 6.97. The first kappa shape index (κ1) is 18.9. The van der Waals surface area contributed by atoms with Gasteiger partial charge in [-0.2, -0.15) is 0 Å². The summed E-state index contributed by atoms with van der Waals surface area (Å²) in [6.45, 7) is 8.21. The standard InChI is InChI=1S/C23H25FN2O/c1-15-16(2)22(23(27)25-17(3)19-10-6-5-7-11-19)26(18(15)4)14-20-12-8-9-13-21(20)24/h5-13,17H,14H2,1-4H3,(H,25,27). The monoisotopic (exact) mass is 364 g/mol. The Kier molecular flexibility index (Phi) is 5.45. The molecule has 3 nitrogen and oxygen atoms in total. The van der Waals surface area contributed by atoms with E-state index < -0.39 is 0 Å². The van der Waals surface area contributed by atoms with Crippen LogP contribution in [-0.2, 0) is 6.54 Å². The van der Waals surface area contributed by atoms with Crippen molar-refractivity contribution in [2.45, 2.75) is 40.3 Å². The second-order valence-corrected chi connectivity index (χ2v) is 6.97. The molecule has 0 radical (unpaired) electrons. The van der Waals surface area contributed by atoms with Gasteiger partial charge in [-0.25, -0.2) is 4.39 Å². The predicted molar refractivity (Wildman–Crippen MR) is 106 cm³/mol. The van der Waals surface area contributed by atoms with E-state index in [1.54, 1.807) is 12.1 Å². The lowest BCUT2D eigenvalue weighted by Crippen LogP contribution is -2.29. The maximum Gasteiger partial charge on any atom is 0.268 e. The number of hydrogen-bond donors (Lipinski definition) is 1. The van der Waals surface area contributed by atoms with Crippen LogP contribution < -0.4 is 5.32 Å². The third kappa shape index (κ3) is 3.80. The number of aromatic nitrogens is 1. The van der Waals surface area contributed by atoms with Crippen LogP contribution in [0.3, 0.4) is 0 Å². The van der Waals surface area contributed by atoms with E-state index in [0.717, 1.165) is 22.4 Å².